The van der Waals surface area contributed by atoms with Crippen molar-refractivity contribution in [2.24, 2.45) is 11.8 Å². The van der Waals surface area contributed by atoms with Gasteiger partial charge in [-0.2, -0.15) is 0 Å². The summed E-state index contributed by atoms with van der Waals surface area (Å²) in [7, 11) is 0. The number of rotatable bonds is 5. The molecule has 0 spiro atoms. The molecule has 4 aromatic carbocycles. The molecule has 3 amide bonds. The number of amides is 3. The minimum atomic E-state index is -0.840. The van der Waals surface area contributed by atoms with E-state index in [1.807, 2.05) is 48.5 Å². The topological polar surface area (TPSA) is 92.8 Å². The normalized spacial score (nSPS) is 21.4. The Bertz CT molecular complexity index is 1710. The number of para-hydroxylation sites is 1. The molecule has 208 valence electrons. The maximum absolute atomic E-state index is 14.1. The third-order valence-electron chi connectivity index (χ3n) is 8.35. The number of nitrogens with one attached hydrogen (secondary N) is 1. The quantitative estimate of drug-likeness (QED) is 0.219. The van der Waals surface area contributed by atoms with Gasteiger partial charge in [-0.25, -0.2) is 9.69 Å². The van der Waals surface area contributed by atoms with Crippen LogP contribution in [0.3, 0.4) is 0 Å². The first-order chi connectivity index (χ1) is 20.3. The van der Waals surface area contributed by atoms with Crippen molar-refractivity contribution in [3.05, 3.63) is 129 Å². The Labute approximate surface area is 251 Å². The number of hydrogen-bond acceptors (Lipinski definition) is 5. The first-order valence-electron chi connectivity index (χ1n) is 13.4. The number of nitrogens with zero attached hydrogens (tertiary/aromatic N) is 1. The van der Waals surface area contributed by atoms with Crippen LogP contribution < -0.4 is 10.2 Å². The van der Waals surface area contributed by atoms with Gasteiger partial charge in [0.15, 0.2) is 6.61 Å². The van der Waals surface area contributed by atoms with Gasteiger partial charge < -0.3 is 10.1 Å². The molecule has 2 atom stereocenters. The third-order valence-corrected chi connectivity index (χ3v) is 8.90. The highest BCUT2D eigenvalue weighted by Gasteiger charge is 2.62. The van der Waals surface area contributed by atoms with Crippen LogP contribution in [0, 0.1) is 11.8 Å². The van der Waals surface area contributed by atoms with E-state index in [0.29, 0.717) is 10.7 Å². The van der Waals surface area contributed by atoms with Crippen LogP contribution in [0.25, 0.3) is 0 Å². The number of carbonyl (C=O) groups is 4. The van der Waals surface area contributed by atoms with Crippen LogP contribution in [-0.2, 0) is 19.1 Å². The fourth-order valence-electron chi connectivity index (χ4n) is 6.74. The van der Waals surface area contributed by atoms with E-state index in [-0.39, 0.29) is 39.9 Å². The molecule has 9 heteroatoms. The highest BCUT2D eigenvalue weighted by Crippen LogP contribution is 2.61. The fourth-order valence-corrected chi connectivity index (χ4v) is 7.20. The summed E-state index contributed by atoms with van der Waals surface area (Å²) >= 11 is 12.0. The van der Waals surface area contributed by atoms with Crippen LogP contribution in [0.15, 0.2) is 91.0 Å². The maximum Gasteiger partial charge on any atom is 0.340 e. The summed E-state index contributed by atoms with van der Waals surface area (Å²) in [5.41, 5.74) is 4.71. The molecule has 0 unspecified atom stereocenters. The first-order valence-corrected chi connectivity index (χ1v) is 14.2. The predicted molar refractivity (Wildman–Crippen MR) is 158 cm³/mol. The van der Waals surface area contributed by atoms with Gasteiger partial charge >= 0.3 is 5.97 Å². The van der Waals surface area contributed by atoms with E-state index in [9.17, 15) is 19.2 Å². The molecule has 0 aromatic heterocycles. The number of esters is 1. The number of ether oxygens (including phenoxy) is 1. The molecule has 1 saturated heterocycles. The number of hydrogen-bond donors (Lipinski definition) is 1. The van der Waals surface area contributed by atoms with Crippen LogP contribution in [0.1, 0.15) is 44.4 Å². The summed E-state index contributed by atoms with van der Waals surface area (Å²) in [6, 6.07) is 26.8. The zero-order valence-corrected chi connectivity index (χ0v) is 23.4. The summed E-state index contributed by atoms with van der Waals surface area (Å²) in [4.78, 5) is 55.1. The Hall–Kier alpha value is -4.46. The van der Waals surface area contributed by atoms with Crippen molar-refractivity contribution in [2.45, 2.75) is 11.8 Å². The largest absolute Gasteiger partial charge is 0.452 e. The summed E-state index contributed by atoms with van der Waals surface area (Å²) in [5, 5.41) is 3.21. The second kappa shape index (κ2) is 10.1. The van der Waals surface area contributed by atoms with E-state index >= 15 is 0 Å². The van der Waals surface area contributed by atoms with Gasteiger partial charge in [0.25, 0.3) is 5.91 Å². The number of imide groups is 1. The Balaban J connectivity index is 1.17. The van der Waals surface area contributed by atoms with Gasteiger partial charge in [-0.3, -0.25) is 14.4 Å². The Morgan fingerprint density at radius 3 is 1.81 bits per heavy atom. The first kappa shape index (κ1) is 26.4. The van der Waals surface area contributed by atoms with Crippen molar-refractivity contribution in [3.63, 3.8) is 0 Å². The molecular weight excluding hydrogens is 575 g/mol. The van der Waals surface area contributed by atoms with Crippen LogP contribution >= 0.6 is 23.2 Å². The van der Waals surface area contributed by atoms with E-state index in [1.165, 1.54) is 18.2 Å². The van der Waals surface area contributed by atoms with E-state index in [0.717, 1.165) is 27.2 Å². The van der Waals surface area contributed by atoms with Gasteiger partial charge in [-0.15, -0.1) is 0 Å². The molecule has 8 rings (SSSR count). The molecule has 1 N–H and O–H groups in total. The molecule has 1 aliphatic heterocycles. The molecular formula is C33H22Cl2N2O5. The SMILES string of the molecule is O=C(COC(=O)c1ccccc1N1C(=O)[C@H]2C3c4ccccc4C(c4ccccc43)[C@@H]2C1=O)Nc1ccc(Cl)cc1Cl. The molecule has 7 nitrogen and oxygen atoms in total. The molecule has 0 radical (unpaired) electrons. The van der Waals surface area contributed by atoms with Gasteiger partial charge in [0.1, 0.15) is 0 Å². The van der Waals surface area contributed by atoms with E-state index < -0.39 is 30.3 Å². The number of carbonyl (C=O) groups excluding carboxylic acids is 4. The Morgan fingerprint density at radius 2 is 1.26 bits per heavy atom. The zero-order valence-electron chi connectivity index (χ0n) is 21.9. The molecule has 1 heterocycles. The van der Waals surface area contributed by atoms with Gasteiger partial charge in [-0.1, -0.05) is 83.9 Å². The number of anilines is 2. The smallest absolute Gasteiger partial charge is 0.340 e. The number of benzene rings is 4. The van der Waals surface area contributed by atoms with E-state index in [2.05, 4.69) is 5.32 Å². The Kier molecular flexibility index (Phi) is 6.37. The molecule has 0 saturated carbocycles. The van der Waals surface area contributed by atoms with Crippen molar-refractivity contribution in [1.29, 1.82) is 0 Å². The monoisotopic (exact) mass is 596 g/mol. The average molecular weight is 597 g/mol. The van der Waals surface area contributed by atoms with Crippen molar-refractivity contribution < 1.29 is 23.9 Å². The van der Waals surface area contributed by atoms with Gasteiger partial charge in [0, 0.05) is 16.9 Å². The third kappa shape index (κ3) is 4.03. The highest BCUT2D eigenvalue weighted by atomic mass is 35.5. The van der Waals surface area contributed by atoms with Crippen molar-refractivity contribution in [3.8, 4) is 0 Å². The minimum absolute atomic E-state index is 0.0116. The van der Waals surface area contributed by atoms with Crippen LogP contribution in [0.4, 0.5) is 11.4 Å². The summed E-state index contributed by atoms with van der Waals surface area (Å²) in [6.45, 7) is -0.603. The molecule has 3 aliphatic carbocycles. The van der Waals surface area contributed by atoms with E-state index in [1.54, 1.807) is 24.3 Å². The van der Waals surface area contributed by atoms with E-state index in [4.69, 9.17) is 27.9 Å². The lowest BCUT2D eigenvalue weighted by Crippen LogP contribution is -2.41. The second-order valence-corrected chi connectivity index (χ2v) is 11.4. The molecule has 1 fully saturated rings. The lowest BCUT2D eigenvalue weighted by atomic mass is 9.55. The van der Waals surface area contributed by atoms with Crippen molar-refractivity contribution in [2.75, 3.05) is 16.8 Å². The van der Waals surface area contributed by atoms with Gasteiger partial charge in [0.05, 0.1) is 33.8 Å². The van der Waals surface area contributed by atoms with Crippen LogP contribution in [0.5, 0.6) is 0 Å². The molecule has 4 aromatic rings. The van der Waals surface area contributed by atoms with Gasteiger partial charge in [0.2, 0.25) is 11.8 Å². The summed E-state index contributed by atoms with van der Waals surface area (Å²) < 4.78 is 5.30. The number of halogens is 2. The van der Waals surface area contributed by atoms with Crippen molar-refractivity contribution >= 4 is 58.3 Å². The fraction of sp³-hybridized carbons (Fsp3) is 0.152. The predicted octanol–water partition coefficient (Wildman–Crippen LogP) is 6.19. The molecule has 2 bridgehead atoms. The second-order valence-electron chi connectivity index (χ2n) is 10.5. The summed E-state index contributed by atoms with van der Waals surface area (Å²) in [5.74, 6) is -3.87. The minimum Gasteiger partial charge on any atom is -0.452 e. The average Bonchev–Trinajstić information content (AvgIpc) is 3.27. The standard InChI is InChI=1S/C33H22Cl2N2O5/c34-17-13-14-24(23(35)15-17)36-26(38)16-42-33(41)22-11-5-6-12-25(22)37-31(39)29-27-18-7-1-2-8-19(18)28(30(29)32(37)40)21-10-4-3-9-20(21)27/h1-15,27-30H,16H2,(H,36,38)/t27?,28?,29-,30-/m0/s1. The van der Waals surface area contributed by atoms with Crippen LogP contribution in [-0.4, -0.2) is 30.3 Å². The van der Waals surface area contributed by atoms with Crippen molar-refractivity contribution in [1.82, 2.24) is 0 Å². The lowest BCUT2D eigenvalue weighted by Gasteiger charge is -2.45. The molecule has 4 aliphatic rings. The highest BCUT2D eigenvalue weighted by molar-refractivity contribution is 6.36. The van der Waals surface area contributed by atoms with Crippen LogP contribution in [0.2, 0.25) is 10.0 Å². The van der Waals surface area contributed by atoms with Gasteiger partial charge in [-0.05, 0) is 52.6 Å². The summed E-state index contributed by atoms with van der Waals surface area (Å²) in [6.07, 6.45) is 0. The lowest BCUT2D eigenvalue weighted by molar-refractivity contribution is -0.122. The Morgan fingerprint density at radius 1 is 0.738 bits per heavy atom. The maximum atomic E-state index is 14.1. The zero-order chi connectivity index (χ0) is 29.1. The molecule has 42 heavy (non-hydrogen) atoms.